The summed E-state index contributed by atoms with van der Waals surface area (Å²) in [6.45, 7) is 0. The molecule has 29 heavy (non-hydrogen) atoms. The highest BCUT2D eigenvalue weighted by Gasteiger charge is 2.33. The van der Waals surface area contributed by atoms with Crippen molar-refractivity contribution in [1.29, 1.82) is 0 Å². The zero-order chi connectivity index (χ0) is 21.0. The molecule has 0 bridgehead atoms. The van der Waals surface area contributed by atoms with E-state index in [0.29, 0.717) is 0 Å². The molecule has 2 N–H and O–H groups in total. The van der Waals surface area contributed by atoms with Crippen molar-refractivity contribution in [3.63, 3.8) is 0 Å². The third-order valence-corrected chi connectivity index (χ3v) is 4.18. The Hall–Kier alpha value is -3.96. The van der Waals surface area contributed by atoms with Gasteiger partial charge in [-0.3, -0.25) is 4.79 Å². The molecule has 2 aromatic heterocycles. The number of carbonyl (C=O) groups is 1. The number of fused-ring (bicyclic) bond motifs is 1. The molecule has 0 saturated heterocycles. The van der Waals surface area contributed by atoms with E-state index >= 15 is 0 Å². The Labute approximate surface area is 156 Å². The Morgan fingerprint density at radius 1 is 1.00 bits per heavy atom. The van der Waals surface area contributed by atoms with Crippen LogP contribution in [0.4, 0.5) is 22.0 Å². The van der Waals surface area contributed by atoms with Crippen LogP contribution in [0.25, 0.3) is 22.0 Å². The molecule has 148 valence electrons. The summed E-state index contributed by atoms with van der Waals surface area (Å²) in [4.78, 5) is 12.7. The summed E-state index contributed by atoms with van der Waals surface area (Å²) in [7, 11) is 0. The molecule has 0 atom stereocenters. The number of ketones is 1. The lowest BCUT2D eigenvalue weighted by Gasteiger charge is -2.06. The SMILES string of the molecule is O=C(c1c(F)c(F)c(F)c(F)c1F)c1nn(O)c2c(-c3cnoc3)c(O)ccc12. The summed E-state index contributed by atoms with van der Waals surface area (Å²) in [6.07, 6.45) is 2.25. The van der Waals surface area contributed by atoms with Gasteiger partial charge >= 0.3 is 0 Å². The van der Waals surface area contributed by atoms with E-state index in [-0.39, 0.29) is 26.9 Å². The van der Waals surface area contributed by atoms with Gasteiger partial charge in [0.25, 0.3) is 0 Å². The summed E-state index contributed by atoms with van der Waals surface area (Å²) >= 11 is 0. The molecule has 2 aromatic carbocycles. The largest absolute Gasteiger partial charge is 0.507 e. The molecule has 0 saturated carbocycles. The number of phenolic OH excluding ortho intramolecular Hbond substituents is 1. The minimum Gasteiger partial charge on any atom is -0.507 e. The van der Waals surface area contributed by atoms with Crippen LogP contribution in [-0.2, 0) is 0 Å². The second-order valence-corrected chi connectivity index (χ2v) is 5.78. The predicted molar refractivity (Wildman–Crippen MR) is 83.7 cm³/mol. The number of nitrogens with zero attached hydrogens (tertiary/aromatic N) is 3. The quantitative estimate of drug-likeness (QED) is 0.176. The van der Waals surface area contributed by atoms with Crippen molar-refractivity contribution in [2.24, 2.45) is 0 Å². The second kappa shape index (κ2) is 6.29. The van der Waals surface area contributed by atoms with Gasteiger partial charge < -0.3 is 14.8 Å². The fourth-order valence-corrected chi connectivity index (χ4v) is 2.88. The predicted octanol–water partition coefficient (Wildman–Crippen LogP) is 3.56. The molecule has 0 amide bonds. The molecule has 0 fully saturated rings. The number of carbonyl (C=O) groups excluding carboxylic acids is 1. The van der Waals surface area contributed by atoms with Crippen LogP contribution < -0.4 is 0 Å². The van der Waals surface area contributed by atoms with Gasteiger partial charge in [0.15, 0.2) is 23.3 Å². The number of aromatic nitrogens is 3. The summed E-state index contributed by atoms with van der Waals surface area (Å²) in [5.74, 6) is -13.8. The molecule has 0 aliphatic carbocycles. The number of phenols is 1. The van der Waals surface area contributed by atoms with E-state index in [4.69, 9.17) is 0 Å². The maximum atomic E-state index is 14.0. The Bertz CT molecular complexity index is 1270. The first kappa shape index (κ1) is 18.4. The van der Waals surface area contributed by atoms with E-state index in [0.717, 1.165) is 24.6 Å². The van der Waals surface area contributed by atoms with Gasteiger partial charge in [0.1, 0.15) is 28.8 Å². The van der Waals surface area contributed by atoms with Gasteiger partial charge in [0.2, 0.25) is 11.6 Å². The lowest BCUT2D eigenvalue weighted by atomic mass is 10.00. The first-order valence-corrected chi connectivity index (χ1v) is 7.63. The fraction of sp³-hybridized carbons (Fsp3) is 0. The van der Waals surface area contributed by atoms with Crippen molar-refractivity contribution < 1.29 is 41.6 Å². The van der Waals surface area contributed by atoms with E-state index in [1.807, 2.05) is 0 Å². The second-order valence-electron chi connectivity index (χ2n) is 5.78. The Morgan fingerprint density at radius 3 is 2.21 bits per heavy atom. The van der Waals surface area contributed by atoms with Crippen LogP contribution in [-0.4, -0.2) is 31.2 Å². The average molecular weight is 411 g/mol. The van der Waals surface area contributed by atoms with E-state index in [1.165, 1.54) is 0 Å². The van der Waals surface area contributed by atoms with Gasteiger partial charge in [-0.2, -0.15) is 0 Å². The number of aromatic hydroxyl groups is 1. The molecule has 12 heteroatoms. The van der Waals surface area contributed by atoms with Gasteiger partial charge in [-0.15, -0.1) is 9.94 Å². The van der Waals surface area contributed by atoms with Crippen molar-refractivity contribution >= 4 is 16.7 Å². The van der Waals surface area contributed by atoms with Crippen molar-refractivity contribution in [2.75, 3.05) is 0 Å². The van der Waals surface area contributed by atoms with E-state index in [1.54, 1.807) is 0 Å². The van der Waals surface area contributed by atoms with Gasteiger partial charge in [0.05, 0.1) is 11.8 Å². The van der Waals surface area contributed by atoms with Gasteiger partial charge in [-0.05, 0) is 12.1 Å². The molecular formula is C17H6F5N3O4. The highest BCUT2D eigenvalue weighted by molar-refractivity contribution is 6.17. The molecule has 0 spiro atoms. The normalized spacial score (nSPS) is 11.3. The van der Waals surface area contributed by atoms with Crippen LogP contribution in [0, 0.1) is 29.1 Å². The van der Waals surface area contributed by atoms with Gasteiger partial charge in [-0.1, -0.05) is 5.16 Å². The fourth-order valence-electron chi connectivity index (χ4n) is 2.88. The highest BCUT2D eigenvalue weighted by Crippen LogP contribution is 2.38. The standard InChI is InChI=1S/C17H6F5N3O4/c18-10-9(11(19)13(21)14(22)12(10)20)17(27)15-6-1-2-7(26)8(5-3-23-29-4-5)16(6)25(28)24-15/h1-4,26,28H. The Balaban J connectivity index is 2.01. The van der Waals surface area contributed by atoms with Crippen LogP contribution >= 0.6 is 0 Å². The monoisotopic (exact) mass is 411 g/mol. The summed E-state index contributed by atoms with van der Waals surface area (Å²) in [5, 5.41) is 26.8. The molecule has 0 aliphatic heterocycles. The minimum absolute atomic E-state index is 0.102. The molecule has 2 heterocycles. The summed E-state index contributed by atoms with van der Waals surface area (Å²) in [6, 6.07) is 2.14. The van der Waals surface area contributed by atoms with Crippen molar-refractivity contribution in [3.8, 4) is 16.9 Å². The molecule has 4 rings (SSSR count). The van der Waals surface area contributed by atoms with E-state index in [2.05, 4.69) is 14.8 Å². The third-order valence-electron chi connectivity index (χ3n) is 4.18. The Morgan fingerprint density at radius 2 is 1.62 bits per heavy atom. The van der Waals surface area contributed by atoms with Gasteiger partial charge in [0, 0.05) is 10.9 Å². The van der Waals surface area contributed by atoms with Crippen molar-refractivity contribution in [2.45, 2.75) is 0 Å². The topological polar surface area (TPSA) is 101 Å². The molecule has 7 nitrogen and oxygen atoms in total. The molecule has 0 unspecified atom stereocenters. The number of benzene rings is 2. The minimum atomic E-state index is -2.42. The van der Waals surface area contributed by atoms with Crippen LogP contribution in [0.15, 0.2) is 29.1 Å². The number of halogens is 5. The average Bonchev–Trinajstić information content (AvgIpc) is 3.33. The maximum Gasteiger partial charge on any atom is 0.220 e. The zero-order valence-corrected chi connectivity index (χ0v) is 13.8. The van der Waals surface area contributed by atoms with Crippen LogP contribution in [0.1, 0.15) is 16.1 Å². The molecular weight excluding hydrogens is 405 g/mol. The highest BCUT2D eigenvalue weighted by atomic mass is 19.2. The zero-order valence-electron chi connectivity index (χ0n) is 13.8. The molecule has 0 aliphatic rings. The molecule has 0 radical (unpaired) electrons. The Kier molecular flexibility index (Phi) is 3.99. The summed E-state index contributed by atoms with van der Waals surface area (Å²) < 4.78 is 72.8. The number of hydrogen-bond acceptors (Lipinski definition) is 6. The first-order valence-electron chi connectivity index (χ1n) is 7.63. The first-order chi connectivity index (χ1) is 13.7. The van der Waals surface area contributed by atoms with Crippen LogP contribution in [0.3, 0.4) is 0 Å². The van der Waals surface area contributed by atoms with Crippen LogP contribution in [0.2, 0.25) is 0 Å². The van der Waals surface area contributed by atoms with E-state index in [9.17, 15) is 37.1 Å². The van der Waals surface area contributed by atoms with Crippen molar-refractivity contribution in [3.05, 3.63) is 64.9 Å². The third kappa shape index (κ3) is 2.52. The van der Waals surface area contributed by atoms with Crippen molar-refractivity contribution in [1.82, 2.24) is 15.1 Å². The van der Waals surface area contributed by atoms with Gasteiger partial charge in [-0.25, -0.2) is 22.0 Å². The lowest BCUT2D eigenvalue weighted by Crippen LogP contribution is -2.14. The van der Waals surface area contributed by atoms with Crippen LogP contribution in [0.5, 0.6) is 5.75 Å². The molecule has 4 aromatic rings. The number of rotatable bonds is 3. The maximum absolute atomic E-state index is 14.0. The summed E-state index contributed by atoms with van der Waals surface area (Å²) in [5.41, 5.74) is -2.79. The smallest absolute Gasteiger partial charge is 0.220 e. The lowest BCUT2D eigenvalue weighted by molar-refractivity contribution is 0.101. The van der Waals surface area contributed by atoms with E-state index < -0.39 is 51.9 Å². The number of hydrogen-bond donors (Lipinski definition) is 2.